The number of rotatable bonds is 3. The van der Waals surface area contributed by atoms with Crippen molar-refractivity contribution in [2.75, 3.05) is 13.1 Å². The minimum atomic E-state index is 0.802. The van der Waals surface area contributed by atoms with E-state index in [0.717, 1.165) is 18.7 Å². The highest BCUT2D eigenvalue weighted by molar-refractivity contribution is 4.90. The largest absolute Gasteiger partial charge is 0.269 e. The van der Waals surface area contributed by atoms with Crippen LogP contribution in [0.25, 0.3) is 0 Å². The van der Waals surface area contributed by atoms with Crippen LogP contribution in [0.4, 0.5) is 0 Å². The average molecular weight is 114 g/mol. The molecule has 2 heteroatoms. The summed E-state index contributed by atoms with van der Waals surface area (Å²) in [6, 6.07) is 0. The summed E-state index contributed by atoms with van der Waals surface area (Å²) in [5.41, 5.74) is 1.11. The molecule has 0 spiro atoms. The van der Waals surface area contributed by atoms with Crippen LogP contribution in [-0.4, -0.2) is 18.1 Å². The number of hydrogen-bond donors (Lipinski definition) is 1. The molecule has 0 bridgehead atoms. The fraction of sp³-hybridized carbons (Fsp3) is 0.667. The van der Waals surface area contributed by atoms with Gasteiger partial charge in [0.2, 0.25) is 0 Å². The quantitative estimate of drug-likeness (QED) is 0.333. The predicted octanol–water partition coefficient (Wildman–Crippen LogP) is 0.758. The zero-order valence-corrected chi connectivity index (χ0v) is 5.65. The van der Waals surface area contributed by atoms with Crippen LogP contribution >= 0.6 is 0 Å². The van der Waals surface area contributed by atoms with Crippen molar-refractivity contribution in [2.45, 2.75) is 13.8 Å². The Morgan fingerprint density at radius 1 is 1.75 bits per heavy atom. The third-order valence-corrected chi connectivity index (χ3v) is 0.879. The van der Waals surface area contributed by atoms with Gasteiger partial charge in [0.25, 0.3) is 0 Å². The summed E-state index contributed by atoms with van der Waals surface area (Å²) in [6.45, 7) is 9.39. The minimum Gasteiger partial charge on any atom is -0.269 e. The Balaban J connectivity index is 3.24. The maximum Gasteiger partial charge on any atom is 0.0333 e. The van der Waals surface area contributed by atoms with Gasteiger partial charge in [0.05, 0.1) is 0 Å². The lowest BCUT2D eigenvalue weighted by molar-refractivity contribution is 0.326. The van der Waals surface area contributed by atoms with Crippen LogP contribution in [0.1, 0.15) is 13.8 Å². The van der Waals surface area contributed by atoms with Gasteiger partial charge in [-0.3, -0.25) is 5.84 Å². The highest BCUT2D eigenvalue weighted by Crippen LogP contribution is 1.87. The first kappa shape index (κ1) is 7.66. The van der Waals surface area contributed by atoms with Crippen LogP contribution in [0.15, 0.2) is 12.2 Å². The number of hydrazine groups is 1. The summed E-state index contributed by atoms with van der Waals surface area (Å²) in [4.78, 5) is 0. The van der Waals surface area contributed by atoms with E-state index in [1.54, 1.807) is 5.01 Å². The minimum absolute atomic E-state index is 0.802. The van der Waals surface area contributed by atoms with Gasteiger partial charge in [-0.05, 0) is 6.92 Å². The molecule has 0 aliphatic carbocycles. The van der Waals surface area contributed by atoms with Crippen molar-refractivity contribution in [3.05, 3.63) is 12.2 Å². The first-order valence-electron chi connectivity index (χ1n) is 2.80. The van der Waals surface area contributed by atoms with Crippen LogP contribution in [-0.2, 0) is 0 Å². The smallest absolute Gasteiger partial charge is 0.0333 e. The summed E-state index contributed by atoms with van der Waals surface area (Å²) in [5, 5.41) is 1.72. The van der Waals surface area contributed by atoms with Gasteiger partial charge in [-0.2, -0.15) is 0 Å². The average Bonchev–Trinajstić information content (AvgIpc) is 1.65. The Bertz CT molecular complexity index is 78.6. The molecule has 0 aliphatic heterocycles. The Labute approximate surface area is 50.9 Å². The number of nitrogens with two attached hydrogens (primary N) is 1. The molecule has 0 aromatic rings. The Morgan fingerprint density at radius 3 is 2.38 bits per heavy atom. The van der Waals surface area contributed by atoms with Crippen molar-refractivity contribution in [3.8, 4) is 0 Å². The molecule has 0 rings (SSSR count). The molecular formula is C6H14N2. The van der Waals surface area contributed by atoms with Gasteiger partial charge in [0, 0.05) is 13.1 Å². The maximum atomic E-state index is 5.45. The topological polar surface area (TPSA) is 29.3 Å². The highest BCUT2D eigenvalue weighted by Gasteiger charge is 1.91. The fourth-order valence-electron chi connectivity index (χ4n) is 0.459. The molecule has 0 aromatic carbocycles. The van der Waals surface area contributed by atoms with Crippen molar-refractivity contribution in [1.29, 1.82) is 0 Å². The second kappa shape index (κ2) is 3.64. The van der Waals surface area contributed by atoms with Gasteiger partial charge in [0.1, 0.15) is 0 Å². The standard InChI is InChI=1S/C6H14N2/c1-4-8(7)5-6(2)3/h2,4-5,7H2,1,3H3. The Hall–Kier alpha value is -0.340. The first-order chi connectivity index (χ1) is 3.66. The van der Waals surface area contributed by atoms with Gasteiger partial charge >= 0.3 is 0 Å². The normalized spacial score (nSPS) is 10.0. The van der Waals surface area contributed by atoms with Crippen LogP contribution in [0.5, 0.6) is 0 Å². The van der Waals surface area contributed by atoms with E-state index in [4.69, 9.17) is 5.84 Å². The van der Waals surface area contributed by atoms with Crippen molar-refractivity contribution in [1.82, 2.24) is 5.01 Å². The molecule has 0 unspecified atom stereocenters. The fourth-order valence-corrected chi connectivity index (χ4v) is 0.459. The first-order valence-corrected chi connectivity index (χ1v) is 2.80. The van der Waals surface area contributed by atoms with Crippen molar-refractivity contribution in [2.24, 2.45) is 5.84 Å². The summed E-state index contributed by atoms with van der Waals surface area (Å²) < 4.78 is 0. The molecule has 2 N–H and O–H groups in total. The molecule has 0 fully saturated rings. The van der Waals surface area contributed by atoms with E-state index in [0.29, 0.717) is 0 Å². The molecule has 0 amide bonds. The number of hydrogen-bond acceptors (Lipinski definition) is 2. The lowest BCUT2D eigenvalue weighted by Gasteiger charge is -2.11. The van der Waals surface area contributed by atoms with Gasteiger partial charge in [-0.25, -0.2) is 5.01 Å². The van der Waals surface area contributed by atoms with E-state index in [2.05, 4.69) is 6.58 Å². The second-order valence-corrected chi connectivity index (χ2v) is 2.02. The van der Waals surface area contributed by atoms with Crippen molar-refractivity contribution >= 4 is 0 Å². The molecule has 48 valence electrons. The molecule has 0 atom stereocenters. The predicted molar refractivity (Wildman–Crippen MR) is 36.2 cm³/mol. The molecule has 0 heterocycles. The molecule has 0 saturated heterocycles. The molecule has 0 radical (unpaired) electrons. The van der Waals surface area contributed by atoms with E-state index < -0.39 is 0 Å². The summed E-state index contributed by atoms with van der Waals surface area (Å²) >= 11 is 0. The van der Waals surface area contributed by atoms with Crippen LogP contribution in [0, 0.1) is 0 Å². The van der Waals surface area contributed by atoms with Gasteiger partial charge in [0.15, 0.2) is 0 Å². The number of nitrogens with zero attached hydrogens (tertiary/aromatic N) is 1. The summed E-state index contributed by atoms with van der Waals surface area (Å²) in [6.07, 6.45) is 0. The zero-order valence-electron chi connectivity index (χ0n) is 5.65. The molecule has 0 aliphatic rings. The zero-order chi connectivity index (χ0) is 6.57. The van der Waals surface area contributed by atoms with Crippen molar-refractivity contribution in [3.63, 3.8) is 0 Å². The monoisotopic (exact) mass is 114 g/mol. The molecule has 0 saturated carbocycles. The third-order valence-electron chi connectivity index (χ3n) is 0.879. The van der Waals surface area contributed by atoms with Crippen molar-refractivity contribution < 1.29 is 0 Å². The van der Waals surface area contributed by atoms with E-state index in [9.17, 15) is 0 Å². The Morgan fingerprint density at radius 2 is 2.25 bits per heavy atom. The Kier molecular flexibility index (Phi) is 3.48. The molecular weight excluding hydrogens is 100 g/mol. The lowest BCUT2D eigenvalue weighted by Crippen LogP contribution is -2.31. The van der Waals surface area contributed by atoms with Crippen LogP contribution in [0.2, 0.25) is 0 Å². The van der Waals surface area contributed by atoms with E-state index >= 15 is 0 Å². The lowest BCUT2D eigenvalue weighted by atomic mass is 10.3. The van der Waals surface area contributed by atoms with E-state index in [1.165, 1.54) is 0 Å². The maximum absolute atomic E-state index is 5.45. The second-order valence-electron chi connectivity index (χ2n) is 2.02. The molecule has 8 heavy (non-hydrogen) atoms. The molecule has 2 nitrogen and oxygen atoms in total. The SMILES string of the molecule is C=C(C)CN(N)CC. The van der Waals surface area contributed by atoms with Gasteiger partial charge in [-0.15, -0.1) is 0 Å². The van der Waals surface area contributed by atoms with Crippen LogP contribution in [0.3, 0.4) is 0 Å². The van der Waals surface area contributed by atoms with E-state index in [1.807, 2.05) is 13.8 Å². The highest BCUT2D eigenvalue weighted by atomic mass is 15.4. The summed E-state index contributed by atoms with van der Waals surface area (Å²) in [7, 11) is 0. The van der Waals surface area contributed by atoms with Gasteiger partial charge in [-0.1, -0.05) is 19.1 Å². The molecule has 0 aromatic heterocycles. The van der Waals surface area contributed by atoms with Gasteiger partial charge < -0.3 is 0 Å². The van der Waals surface area contributed by atoms with E-state index in [-0.39, 0.29) is 0 Å². The third kappa shape index (κ3) is 3.84. The number of likely N-dealkylation sites (N-methyl/N-ethyl adjacent to an activating group) is 1. The summed E-state index contributed by atoms with van der Waals surface area (Å²) in [5.74, 6) is 5.45. The van der Waals surface area contributed by atoms with Crippen LogP contribution < -0.4 is 5.84 Å².